The highest BCUT2D eigenvalue weighted by atomic mass is 16.1. The van der Waals surface area contributed by atoms with Crippen LogP contribution in [0.5, 0.6) is 0 Å². The first-order valence-electron chi connectivity index (χ1n) is 10.3. The molecule has 0 spiro atoms. The van der Waals surface area contributed by atoms with Crippen molar-refractivity contribution in [2.24, 2.45) is 0 Å². The van der Waals surface area contributed by atoms with Crippen molar-refractivity contribution in [2.45, 2.75) is 27.7 Å². The second-order valence-corrected chi connectivity index (χ2v) is 7.92. The smallest absolute Gasteiger partial charge is 0.194 e. The minimum Gasteiger partial charge on any atom is -0.289 e. The van der Waals surface area contributed by atoms with E-state index in [0.717, 1.165) is 44.5 Å². The highest BCUT2D eigenvalue weighted by Gasteiger charge is 2.22. The van der Waals surface area contributed by atoms with E-state index in [1.165, 1.54) is 11.1 Å². The molecule has 0 fully saturated rings. The number of ketones is 1. The van der Waals surface area contributed by atoms with Gasteiger partial charge in [0.1, 0.15) is 0 Å². The van der Waals surface area contributed by atoms with E-state index < -0.39 is 0 Å². The SMILES string of the molecule is Cc1ccc(C(=O)c2ccc(C)c(C)c2-c2ccccc2)c(-c2ccccc2)c1C. The van der Waals surface area contributed by atoms with E-state index in [1.807, 2.05) is 48.5 Å². The minimum atomic E-state index is 0.0684. The Morgan fingerprint density at radius 3 is 1.23 bits per heavy atom. The van der Waals surface area contributed by atoms with Crippen LogP contribution in [-0.4, -0.2) is 5.78 Å². The average molecular weight is 391 g/mol. The number of aryl methyl sites for hydroxylation is 2. The molecule has 0 aliphatic heterocycles. The fraction of sp³-hybridized carbons (Fsp3) is 0.138. The minimum absolute atomic E-state index is 0.0684. The molecule has 148 valence electrons. The van der Waals surface area contributed by atoms with Gasteiger partial charge in [0.25, 0.3) is 0 Å². The monoisotopic (exact) mass is 390 g/mol. The fourth-order valence-corrected chi connectivity index (χ4v) is 4.11. The molecule has 0 aliphatic carbocycles. The third kappa shape index (κ3) is 3.48. The van der Waals surface area contributed by atoms with Gasteiger partial charge in [0.2, 0.25) is 0 Å². The van der Waals surface area contributed by atoms with Gasteiger partial charge in [-0.1, -0.05) is 84.9 Å². The third-order valence-corrected chi connectivity index (χ3v) is 6.09. The Labute approximate surface area is 179 Å². The van der Waals surface area contributed by atoms with E-state index in [2.05, 4.69) is 64.1 Å². The molecule has 0 atom stereocenters. The van der Waals surface area contributed by atoms with E-state index in [4.69, 9.17) is 0 Å². The molecule has 1 heteroatoms. The Morgan fingerprint density at radius 2 is 0.867 bits per heavy atom. The molecule has 0 aromatic heterocycles. The van der Waals surface area contributed by atoms with Crippen molar-refractivity contribution in [3.05, 3.63) is 118 Å². The summed E-state index contributed by atoms with van der Waals surface area (Å²) in [5, 5.41) is 0. The first-order chi connectivity index (χ1) is 14.5. The summed E-state index contributed by atoms with van der Waals surface area (Å²) in [6, 6.07) is 28.5. The predicted octanol–water partition coefficient (Wildman–Crippen LogP) is 7.49. The van der Waals surface area contributed by atoms with Gasteiger partial charge in [0.15, 0.2) is 5.78 Å². The summed E-state index contributed by atoms with van der Waals surface area (Å²) in [4.78, 5) is 14.0. The molecule has 0 saturated carbocycles. The zero-order chi connectivity index (χ0) is 21.3. The summed E-state index contributed by atoms with van der Waals surface area (Å²) in [7, 11) is 0. The Bertz CT molecular complexity index is 1120. The fourth-order valence-electron chi connectivity index (χ4n) is 4.11. The van der Waals surface area contributed by atoms with Gasteiger partial charge in [-0.05, 0) is 72.2 Å². The van der Waals surface area contributed by atoms with Crippen molar-refractivity contribution in [1.29, 1.82) is 0 Å². The third-order valence-electron chi connectivity index (χ3n) is 6.09. The molecule has 1 nitrogen and oxygen atoms in total. The molecule has 0 N–H and O–H groups in total. The maximum Gasteiger partial charge on any atom is 0.194 e. The second-order valence-electron chi connectivity index (χ2n) is 7.92. The quantitative estimate of drug-likeness (QED) is 0.330. The zero-order valence-corrected chi connectivity index (χ0v) is 18.0. The molecule has 0 bridgehead atoms. The van der Waals surface area contributed by atoms with Crippen LogP contribution >= 0.6 is 0 Å². The van der Waals surface area contributed by atoms with E-state index >= 15 is 0 Å². The van der Waals surface area contributed by atoms with E-state index in [0.29, 0.717) is 0 Å². The van der Waals surface area contributed by atoms with Gasteiger partial charge in [0, 0.05) is 11.1 Å². The Balaban J connectivity index is 1.97. The topological polar surface area (TPSA) is 17.1 Å². The summed E-state index contributed by atoms with van der Waals surface area (Å²) < 4.78 is 0. The summed E-state index contributed by atoms with van der Waals surface area (Å²) in [5.41, 5.74) is 10.4. The lowest BCUT2D eigenvalue weighted by atomic mass is 9.84. The molecule has 30 heavy (non-hydrogen) atoms. The number of carbonyl (C=O) groups is 1. The van der Waals surface area contributed by atoms with E-state index in [9.17, 15) is 4.79 Å². The molecule has 4 aromatic rings. The first-order valence-corrected chi connectivity index (χ1v) is 10.3. The molecule has 0 aliphatic rings. The zero-order valence-electron chi connectivity index (χ0n) is 18.0. The average Bonchev–Trinajstić information content (AvgIpc) is 2.78. The summed E-state index contributed by atoms with van der Waals surface area (Å²) in [6.45, 7) is 8.41. The maximum atomic E-state index is 14.0. The Hall–Kier alpha value is -3.45. The number of carbonyl (C=O) groups excluding carboxylic acids is 1. The summed E-state index contributed by atoms with van der Waals surface area (Å²) >= 11 is 0. The molecule has 0 unspecified atom stereocenters. The van der Waals surface area contributed by atoms with Crippen LogP contribution in [0.1, 0.15) is 38.2 Å². The van der Waals surface area contributed by atoms with Gasteiger partial charge < -0.3 is 0 Å². The molecule has 0 saturated heterocycles. The van der Waals surface area contributed by atoms with Crippen molar-refractivity contribution < 1.29 is 4.79 Å². The number of benzene rings is 4. The van der Waals surface area contributed by atoms with Crippen LogP contribution in [0.3, 0.4) is 0 Å². The normalized spacial score (nSPS) is 10.8. The summed E-state index contributed by atoms with van der Waals surface area (Å²) in [6.07, 6.45) is 0. The number of hydrogen-bond acceptors (Lipinski definition) is 1. The molecule has 4 rings (SSSR count). The second kappa shape index (κ2) is 8.12. The van der Waals surface area contributed by atoms with Gasteiger partial charge in [0.05, 0.1) is 0 Å². The maximum absolute atomic E-state index is 14.0. The molecule has 0 heterocycles. The van der Waals surface area contributed by atoms with Crippen LogP contribution in [0.4, 0.5) is 0 Å². The van der Waals surface area contributed by atoms with Crippen molar-refractivity contribution in [1.82, 2.24) is 0 Å². The Morgan fingerprint density at radius 1 is 0.500 bits per heavy atom. The van der Waals surface area contributed by atoms with E-state index in [-0.39, 0.29) is 5.78 Å². The van der Waals surface area contributed by atoms with Crippen LogP contribution < -0.4 is 0 Å². The van der Waals surface area contributed by atoms with Crippen molar-refractivity contribution in [3.8, 4) is 22.3 Å². The Kier molecular flexibility index (Phi) is 5.37. The van der Waals surface area contributed by atoms with Gasteiger partial charge >= 0.3 is 0 Å². The van der Waals surface area contributed by atoms with Gasteiger partial charge in [-0.15, -0.1) is 0 Å². The lowest BCUT2D eigenvalue weighted by molar-refractivity contribution is 0.104. The lowest BCUT2D eigenvalue weighted by Crippen LogP contribution is -2.09. The van der Waals surface area contributed by atoms with Gasteiger partial charge in [-0.3, -0.25) is 4.79 Å². The highest BCUT2D eigenvalue weighted by Crippen LogP contribution is 2.35. The molecular formula is C29H26O. The highest BCUT2D eigenvalue weighted by molar-refractivity contribution is 6.16. The number of hydrogen-bond donors (Lipinski definition) is 0. The predicted molar refractivity (Wildman–Crippen MR) is 126 cm³/mol. The van der Waals surface area contributed by atoms with Gasteiger partial charge in [-0.2, -0.15) is 0 Å². The summed E-state index contributed by atoms with van der Waals surface area (Å²) in [5.74, 6) is 0.0684. The van der Waals surface area contributed by atoms with Crippen molar-refractivity contribution in [3.63, 3.8) is 0 Å². The lowest BCUT2D eigenvalue weighted by Gasteiger charge is -2.18. The molecular weight excluding hydrogens is 364 g/mol. The number of rotatable bonds is 4. The molecule has 4 aromatic carbocycles. The van der Waals surface area contributed by atoms with Crippen LogP contribution in [-0.2, 0) is 0 Å². The van der Waals surface area contributed by atoms with Crippen molar-refractivity contribution >= 4 is 5.78 Å². The van der Waals surface area contributed by atoms with Crippen LogP contribution in [0, 0.1) is 27.7 Å². The molecule has 0 radical (unpaired) electrons. The first kappa shape index (κ1) is 19.8. The standard InChI is InChI=1S/C29H26O/c1-19-15-17-25(27(21(19)3)23-11-7-5-8-12-23)29(30)26-18-16-20(2)22(4)28(26)24-13-9-6-10-14-24/h5-18H,1-4H3. The van der Waals surface area contributed by atoms with Crippen molar-refractivity contribution in [2.75, 3.05) is 0 Å². The van der Waals surface area contributed by atoms with Crippen LogP contribution in [0.2, 0.25) is 0 Å². The van der Waals surface area contributed by atoms with Crippen LogP contribution in [0.15, 0.2) is 84.9 Å². The largest absolute Gasteiger partial charge is 0.289 e. The van der Waals surface area contributed by atoms with Crippen LogP contribution in [0.25, 0.3) is 22.3 Å². The van der Waals surface area contributed by atoms with Gasteiger partial charge in [-0.25, -0.2) is 0 Å². The molecule has 0 amide bonds. The van der Waals surface area contributed by atoms with E-state index in [1.54, 1.807) is 0 Å².